The first-order chi connectivity index (χ1) is 7.58. The maximum atomic E-state index is 11.2. The molecule has 3 aromatic rings. The van der Waals surface area contributed by atoms with Gasteiger partial charge in [-0.25, -0.2) is 9.97 Å². The molecule has 0 radical (unpaired) electrons. The highest BCUT2D eigenvalue weighted by Crippen LogP contribution is 2.02. The quantitative estimate of drug-likeness (QED) is 0.439. The Hall–Kier alpha value is -2.64. The number of H-pyrrole nitrogens is 2. The Morgan fingerprint density at radius 2 is 0.812 bits per heavy atom. The zero-order valence-corrected chi connectivity index (χ0v) is 7.53. The van der Waals surface area contributed by atoms with E-state index in [9.17, 15) is 19.2 Å². The van der Waals surface area contributed by atoms with Crippen LogP contribution in [0.5, 0.6) is 0 Å². The van der Waals surface area contributed by atoms with Crippen molar-refractivity contribution in [2.75, 3.05) is 0 Å². The molecule has 3 aromatic heterocycles. The summed E-state index contributed by atoms with van der Waals surface area (Å²) in [6.07, 6.45) is 0. The summed E-state index contributed by atoms with van der Waals surface area (Å²) in [5, 5.41) is 0. The van der Waals surface area contributed by atoms with Crippen LogP contribution in [0.4, 0.5) is 0 Å². The Labute approximate surface area is 84.3 Å². The summed E-state index contributed by atoms with van der Waals surface area (Å²) < 4.78 is 0. The molecule has 0 aromatic carbocycles. The highest BCUT2D eigenvalue weighted by molar-refractivity contribution is 5.85. The maximum absolute atomic E-state index is 11.2. The largest absolute Gasteiger partial charge is 0.285 e. The van der Waals surface area contributed by atoms with Gasteiger partial charge in [0.25, 0.3) is 22.2 Å². The van der Waals surface area contributed by atoms with Crippen molar-refractivity contribution in [2.24, 2.45) is 0 Å². The summed E-state index contributed by atoms with van der Waals surface area (Å²) in [7, 11) is 0. The molecule has 0 aliphatic rings. The van der Waals surface area contributed by atoms with Gasteiger partial charge in [-0.1, -0.05) is 0 Å². The van der Waals surface area contributed by atoms with Crippen molar-refractivity contribution in [3.8, 4) is 0 Å². The monoisotopic (exact) mass is 218 g/mol. The van der Waals surface area contributed by atoms with Crippen LogP contribution in [0.2, 0.25) is 0 Å². The lowest BCUT2D eigenvalue weighted by Gasteiger charge is -1.85. The topological polar surface area (TPSA) is 126 Å². The first-order valence-corrected chi connectivity index (χ1v) is 4.21. The van der Waals surface area contributed by atoms with Crippen LogP contribution in [0.1, 0.15) is 0 Å². The van der Waals surface area contributed by atoms with E-state index < -0.39 is 22.2 Å². The molecule has 0 atom stereocenters. The number of hydrogen-bond donors (Lipinski definition) is 2. The Balaban J connectivity index is 2.80. The van der Waals surface area contributed by atoms with Gasteiger partial charge in [-0.05, 0) is 0 Å². The molecular formula is C8H2N4O4. The van der Waals surface area contributed by atoms with Crippen molar-refractivity contribution in [2.45, 2.75) is 0 Å². The van der Waals surface area contributed by atoms with Crippen LogP contribution in [-0.2, 0) is 0 Å². The van der Waals surface area contributed by atoms with Crippen LogP contribution in [0.3, 0.4) is 0 Å². The van der Waals surface area contributed by atoms with Gasteiger partial charge in [-0.2, -0.15) is 0 Å². The smallest absolute Gasteiger partial charge is 0.279 e. The van der Waals surface area contributed by atoms with Crippen molar-refractivity contribution < 1.29 is 0 Å². The van der Waals surface area contributed by atoms with Gasteiger partial charge >= 0.3 is 0 Å². The van der Waals surface area contributed by atoms with Crippen LogP contribution in [-0.4, -0.2) is 19.9 Å². The number of aromatic amines is 2. The molecule has 0 spiro atoms. The average molecular weight is 218 g/mol. The Morgan fingerprint density at radius 3 is 1.06 bits per heavy atom. The van der Waals surface area contributed by atoms with Crippen molar-refractivity contribution in [3.05, 3.63) is 41.4 Å². The molecule has 3 heterocycles. The summed E-state index contributed by atoms with van der Waals surface area (Å²) in [5.74, 6) is 0. The lowest BCUT2D eigenvalue weighted by atomic mass is 10.4. The fourth-order valence-electron chi connectivity index (χ4n) is 1.51. The first kappa shape index (κ1) is 8.65. The van der Waals surface area contributed by atoms with E-state index in [1.807, 2.05) is 9.97 Å². The predicted octanol–water partition coefficient (Wildman–Crippen LogP) is -2.24. The number of rotatable bonds is 0. The lowest BCUT2D eigenvalue weighted by molar-refractivity contribution is 1.23. The minimum Gasteiger partial charge on any atom is -0.285 e. The molecule has 8 heteroatoms. The SMILES string of the molecule is O=c1[nH]c(=O)c2nc3c(=O)[nH]c(=O)c3nc12. The van der Waals surface area contributed by atoms with Gasteiger partial charge in [0, 0.05) is 0 Å². The highest BCUT2D eigenvalue weighted by atomic mass is 16.2. The van der Waals surface area contributed by atoms with Gasteiger partial charge in [0.1, 0.15) is 0 Å². The normalized spacial score (nSPS) is 11.5. The van der Waals surface area contributed by atoms with E-state index in [2.05, 4.69) is 9.97 Å². The van der Waals surface area contributed by atoms with Crippen LogP contribution in [0.15, 0.2) is 19.2 Å². The molecule has 0 fully saturated rings. The third-order valence-corrected chi connectivity index (χ3v) is 2.21. The van der Waals surface area contributed by atoms with Gasteiger partial charge in [0.05, 0.1) is 0 Å². The molecule has 16 heavy (non-hydrogen) atoms. The van der Waals surface area contributed by atoms with Crippen molar-refractivity contribution in [3.63, 3.8) is 0 Å². The van der Waals surface area contributed by atoms with E-state index in [0.717, 1.165) is 0 Å². The highest BCUT2D eigenvalue weighted by Gasteiger charge is 2.15. The molecule has 0 aliphatic carbocycles. The minimum absolute atomic E-state index is 0.228. The van der Waals surface area contributed by atoms with Crippen molar-refractivity contribution in [1.29, 1.82) is 0 Å². The molecule has 0 unspecified atom stereocenters. The van der Waals surface area contributed by atoms with E-state index in [-0.39, 0.29) is 22.1 Å². The number of aromatic nitrogens is 4. The van der Waals surface area contributed by atoms with Gasteiger partial charge < -0.3 is 0 Å². The van der Waals surface area contributed by atoms with E-state index in [1.165, 1.54) is 0 Å². The van der Waals surface area contributed by atoms with Crippen LogP contribution in [0, 0.1) is 0 Å². The fourth-order valence-corrected chi connectivity index (χ4v) is 1.51. The molecule has 3 rings (SSSR count). The van der Waals surface area contributed by atoms with Gasteiger partial charge in [0.15, 0.2) is 22.1 Å². The summed E-state index contributed by atoms with van der Waals surface area (Å²) in [6.45, 7) is 0. The minimum atomic E-state index is -0.720. The number of fused-ring (bicyclic) bond motifs is 2. The molecule has 2 N–H and O–H groups in total. The summed E-state index contributed by atoms with van der Waals surface area (Å²) in [5.41, 5.74) is -3.79. The van der Waals surface area contributed by atoms with Gasteiger partial charge in [-0.15, -0.1) is 0 Å². The summed E-state index contributed by atoms with van der Waals surface area (Å²) >= 11 is 0. The second-order valence-electron chi connectivity index (χ2n) is 3.18. The van der Waals surface area contributed by atoms with Gasteiger partial charge in [0.2, 0.25) is 0 Å². The zero-order chi connectivity index (χ0) is 11.4. The fraction of sp³-hybridized carbons (Fsp3) is 0. The molecule has 0 bridgehead atoms. The molecule has 0 amide bonds. The number of nitrogens with zero attached hydrogens (tertiary/aromatic N) is 2. The van der Waals surface area contributed by atoms with E-state index in [0.29, 0.717) is 0 Å². The van der Waals surface area contributed by atoms with E-state index >= 15 is 0 Å². The Morgan fingerprint density at radius 1 is 0.562 bits per heavy atom. The molecule has 0 saturated carbocycles. The van der Waals surface area contributed by atoms with Crippen LogP contribution in [0.25, 0.3) is 22.1 Å². The van der Waals surface area contributed by atoms with E-state index in [4.69, 9.17) is 0 Å². The van der Waals surface area contributed by atoms with Crippen molar-refractivity contribution >= 4 is 22.1 Å². The van der Waals surface area contributed by atoms with Crippen molar-refractivity contribution in [1.82, 2.24) is 19.9 Å². The average Bonchev–Trinajstić information content (AvgIpc) is 2.67. The molecule has 0 saturated heterocycles. The second-order valence-corrected chi connectivity index (χ2v) is 3.18. The Kier molecular flexibility index (Phi) is 1.34. The predicted molar refractivity (Wildman–Crippen MR) is 53.2 cm³/mol. The standard InChI is InChI=1S/C8H2N4O4/c13-5-1-2(6(14)11-5)10-4-3(9-1)7(15)12-8(4)16/h(H,11,13,14)(H,12,15,16). The van der Waals surface area contributed by atoms with Gasteiger partial charge in [-0.3, -0.25) is 29.1 Å². The number of nitrogens with one attached hydrogen (secondary N) is 2. The maximum Gasteiger partial charge on any atom is 0.279 e. The number of hydrogen-bond acceptors (Lipinski definition) is 6. The summed E-state index contributed by atoms with van der Waals surface area (Å²) in [6, 6.07) is 0. The van der Waals surface area contributed by atoms with E-state index in [1.54, 1.807) is 0 Å². The first-order valence-electron chi connectivity index (χ1n) is 4.21. The third kappa shape index (κ3) is 0.874. The third-order valence-electron chi connectivity index (χ3n) is 2.21. The van der Waals surface area contributed by atoms with Crippen LogP contribution >= 0.6 is 0 Å². The molecule has 8 nitrogen and oxygen atoms in total. The van der Waals surface area contributed by atoms with Crippen LogP contribution < -0.4 is 22.2 Å². The molecule has 78 valence electrons. The molecular weight excluding hydrogens is 216 g/mol. The zero-order valence-electron chi connectivity index (χ0n) is 7.53. The summed E-state index contributed by atoms with van der Waals surface area (Å²) in [4.78, 5) is 56.1. The Bertz CT molecular complexity index is 778. The lowest BCUT2D eigenvalue weighted by Crippen LogP contribution is -2.08. The molecule has 0 aliphatic heterocycles. The second kappa shape index (κ2) is 2.48.